The lowest BCUT2D eigenvalue weighted by atomic mass is 9.98. The molecule has 0 radical (unpaired) electrons. The molecule has 2 aromatic carbocycles. The molecular weight excluding hydrogens is 340 g/mol. The van der Waals surface area contributed by atoms with Gasteiger partial charge in [-0.25, -0.2) is 0 Å². The number of benzene rings is 2. The van der Waals surface area contributed by atoms with Crippen molar-refractivity contribution in [2.24, 2.45) is 0 Å². The van der Waals surface area contributed by atoms with Gasteiger partial charge in [-0.1, -0.05) is 58.4 Å². The summed E-state index contributed by atoms with van der Waals surface area (Å²) in [5, 5.41) is 4.31. The summed E-state index contributed by atoms with van der Waals surface area (Å²) < 4.78 is 2.86. The van der Waals surface area contributed by atoms with Crippen molar-refractivity contribution in [3.63, 3.8) is 0 Å². The molecule has 0 saturated carbocycles. The predicted molar refractivity (Wildman–Crippen MR) is 89.9 cm³/mol. The van der Waals surface area contributed by atoms with E-state index in [1.165, 1.54) is 0 Å². The van der Waals surface area contributed by atoms with Crippen molar-refractivity contribution >= 4 is 21.7 Å². The monoisotopic (exact) mass is 354 g/mol. The van der Waals surface area contributed by atoms with Gasteiger partial charge in [-0.15, -0.1) is 0 Å². The molecule has 110 valence electrons. The minimum atomic E-state index is -0.101. The van der Waals surface area contributed by atoms with Crippen LogP contribution in [0.25, 0.3) is 0 Å². The Morgan fingerprint density at radius 2 is 1.77 bits per heavy atom. The maximum absolute atomic E-state index is 12.5. The molecule has 0 aliphatic heterocycles. The lowest BCUT2D eigenvalue weighted by molar-refractivity contribution is 0.0967. The smallest absolute Gasteiger partial charge is 0.165 e. The van der Waals surface area contributed by atoms with E-state index in [9.17, 15) is 4.79 Å². The molecule has 0 fully saturated rings. The van der Waals surface area contributed by atoms with Crippen LogP contribution < -0.4 is 0 Å². The number of halogens is 1. The fourth-order valence-corrected chi connectivity index (χ4v) is 2.70. The van der Waals surface area contributed by atoms with Gasteiger partial charge in [-0.05, 0) is 23.8 Å². The number of hydrogen-bond acceptors (Lipinski definition) is 2. The maximum Gasteiger partial charge on any atom is 0.165 e. The maximum atomic E-state index is 12.5. The summed E-state index contributed by atoms with van der Waals surface area (Å²) in [6.45, 7) is 0. The minimum Gasteiger partial charge on any atom is -0.294 e. The topological polar surface area (TPSA) is 34.9 Å². The van der Waals surface area contributed by atoms with Crippen LogP contribution in [0.4, 0.5) is 0 Å². The highest BCUT2D eigenvalue weighted by molar-refractivity contribution is 9.10. The highest BCUT2D eigenvalue weighted by Gasteiger charge is 2.19. The Labute approximate surface area is 137 Å². The van der Waals surface area contributed by atoms with Gasteiger partial charge >= 0.3 is 0 Å². The highest BCUT2D eigenvalue weighted by atomic mass is 79.9. The third kappa shape index (κ3) is 3.34. The molecule has 0 amide bonds. The summed E-state index contributed by atoms with van der Waals surface area (Å²) >= 11 is 3.44. The number of rotatable bonds is 5. The van der Waals surface area contributed by atoms with Gasteiger partial charge in [-0.2, -0.15) is 5.10 Å². The zero-order chi connectivity index (χ0) is 15.4. The molecule has 3 nitrogen and oxygen atoms in total. The number of aromatic nitrogens is 2. The second kappa shape index (κ2) is 6.71. The summed E-state index contributed by atoms with van der Waals surface area (Å²) in [7, 11) is 0. The molecular formula is C18H15BrN2O. The van der Waals surface area contributed by atoms with E-state index in [1.54, 1.807) is 6.20 Å². The molecule has 0 N–H and O–H groups in total. The number of carbonyl (C=O) groups excluding carboxylic acids is 1. The van der Waals surface area contributed by atoms with Crippen LogP contribution in [0.1, 0.15) is 28.4 Å². The Morgan fingerprint density at radius 1 is 1.05 bits per heavy atom. The number of carbonyl (C=O) groups is 1. The van der Waals surface area contributed by atoms with Crippen molar-refractivity contribution < 1.29 is 4.79 Å². The van der Waals surface area contributed by atoms with Crippen LogP contribution in [0.5, 0.6) is 0 Å². The standard InChI is InChI=1S/C18H15BrN2O/c19-16-9-7-14(8-10-16)17(21-12-4-11-20-21)13-18(22)15-5-2-1-3-6-15/h1-12,17H,13H2/t17-/m1/s1. The predicted octanol–water partition coefficient (Wildman–Crippen LogP) is 4.51. The lowest BCUT2D eigenvalue weighted by Crippen LogP contribution is -2.16. The van der Waals surface area contributed by atoms with Gasteiger partial charge in [0.05, 0.1) is 6.04 Å². The molecule has 4 heteroatoms. The SMILES string of the molecule is O=C(C[C@H](c1ccc(Br)cc1)n1cccn1)c1ccccc1. The zero-order valence-corrected chi connectivity index (χ0v) is 13.5. The quantitative estimate of drug-likeness (QED) is 0.632. The van der Waals surface area contributed by atoms with Crippen LogP contribution in [-0.2, 0) is 0 Å². The number of hydrogen-bond donors (Lipinski definition) is 0. The number of ketones is 1. The fourth-order valence-electron chi connectivity index (χ4n) is 2.43. The number of Topliss-reactive ketones (excluding diaryl/α,β-unsaturated/α-hetero) is 1. The molecule has 0 spiro atoms. The lowest BCUT2D eigenvalue weighted by Gasteiger charge is -2.17. The highest BCUT2D eigenvalue weighted by Crippen LogP contribution is 2.25. The first kappa shape index (κ1) is 14.7. The molecule has 1 aromatic heterocycles. The molecule has 1 heterocycles. The molecule has 0 aliphatic carbocycles. The van der Waals surface area contributed by atoms with Crippen LogP contribution in [0, 0.1) is 0 Å². The van der Waals surface area contributed by atoms with Crippen molar-refractivity contribution in [1.29, 1.82) is 0 Å². The molecule has 0 aliphatic rings. The fraction of sp³-hybridized carbons (Fsp3) is 0.111. The van der Waals surface area contributed by atoms with E-state index in [0.29, 0.717) is 6.42 Å². The second-order valence-corrected chi connectivity index (χ2v) is 5.96. The van der Waals surface area contributed by atoms with Gasteiger partial charge < -0.3 is 0 Å². The van der Waals surface area contributed by atoms with E-state index >= 15 is 0 Å². The van der Waals surface area contributed by atoms with Crippen molar-refractivity contribution in [3.05, 3.63) is 88.7 Å². The van der Waals surface area contributed by atoms with Gasteiger partial charge in [-0.3, -0.25) is 9.48 Å². The van der Waals surface area contributed by atoms with Crippen molar-refractivity contribution in [3.8, 4) is 0 Å². The van der Waals surface area contributed by atoms with Crippen LogP contribution in [0.3, 0.4) is 0 Å². The van der Waals surface area contributed by atoms with Crippen molar-refractivity contribution in [2.45, 2.75) is 12.5 Å². The van der Waals surface area contributed by atoms with Crippen molar-refractivity contribution in [1.82, 2.24) is 9.78 Å². The average Bonchev–Trinajstić information content (AvgIpc) is 3.08. The largest absolute Gasteiger partial charge is 0.294 e. The number of nitrogens with zero attached hydrogens (tertiary/aromatic N) is 2. The normalized spacial score (nSPS) is 12.0. The average molecular weight is 355 g/mol. The van der Waals surface area contributed by atoms with E-state index in [4.69, 9.17) is 0 Å². The van der Waals surface area contributed by atoms with E-state index in [-0.39, 0.29) is 11.8 Å². The third-order valence-corrected chi connectivity index (χ3v) is 4.10. The molecule has 0 unspecified atom stereocenters. The van der Waals surface area contributed by atoms with E-state index in [0.717, 1.165) is 15.6 Å². The van der Waals surface area contributed by atoms with E-state index < -0.39 is 0 Å². The summed E-state index contributed by atoms with van der Waals surface area (Å²) in [6.07, 6.45) is 4.01. The molecule has 3 rings (SSSR count). The van der Waals surface area contributed by atoms with Crippen LogP contribution >= 0.6 is 15.9 Å². The van der Waals surface area contributed by atoms with E-state index in [1.807, 2.05) is 71.5 Å². The van der Waals surface area contributed by atoms with Gasteiger partial charge in [0.15, 0.2) is 5.78 Å². The minimum absolute atomic E-state index is 0.101. The molecule has 3 aromatic rings. The van der Waals surface area contributed by atoms with Crippen molar-refractivity contribution in [2.75, 3.05) is 0 Å². The Morgan fingerprint density at radius 3 is 2.41 bits per heavy atom. The Kier molecular flexibility index (Phi) is 4.49. The first-order valence-corrected chi connectivity index (χ1v) is 7.86. The second-order valence-electron chi connectivity index (χ2n) is 5.05. The summed E-state index contributed by atoms with van der Waals surface area (Å²) in [4.78, 5) is 12.5. The summed E-state index contributed by atoms with van der Waals surface area (Å²) in [5.41, 5.74) is 1.80. The first-order valence-electron chi connectivity index (χ1n) is 7.07. The molecule has 1 atom stereocenters. The van der Waals surface area contributed by atoms with E-state index in [2.05, 4.69) is 21.0 Å². The molecule has 22 heavy (non-hydrogen) atoms. The van der Waals surface area contributed by atoms with Gasteiger partial charge in [0.25, 0.3) is 0 Å². The molecule has 0 saturated heterocycles. The van der Waals surface area contributed by atoms with Crippen LogP contribution in [0.2, 0.25) is 0 Å². The third-order valence-electron chi connectivity index (χ3n) is 3.57. The van der Waals surface area contributed by atoms with Gasteiger partial charge in [0.2, 0.25) is 0 Å². The molecule has 0 bridgehead atoms. The summed E-state index contributed by atoms with van der Waals surface area (Å²) in [6, 6.07) is 19.2. The zero-order valence-electron chi connectivity index (χ0n) is 11.9. The Bertz CT molecular complexity index is 737. The van der Waals surface area contributed by atoms with Gasteiger partial charge in [0.1, 0.15) is 0 Å². The van der Waals surface area contributed by atoms with Gasteiger partial charge in [0, 0.05) is 28.9 Å². The van der Waals surface area contributed by atoms with Crippen LogP contribution in [0.15, 0.2) is 77.5 Å². The Hall–Kier alpha value is -2.20. The van der Waals surface area contributed by atoms with Crippen LogP contribution in [-0.4, -0.2) is 15.6 Å². The summed E-state index contributed by atoms with van der Waals surface area (Å²) in [5.74, 6) is 0.115. The first-order chi connectivity index (χ1) is 10.7. The Balaban J connectivity index is 1.90.